The standard InChI is InChI=1S/C12H20N4O2S/c1-18-8-4-13-11(17)15-10-2-6-16(7-3-10)12-14-5-9-19-12/h5,9-10H,2-4,6-8H2,1H3,(H2,13,15,17). The van der Waals surface area contributed by atoms with Crippen LogP contribution in [0.25, 0.3) is 0 Å². The molecule has 1 fully saturated rings. The van der Waals surface area contributed by atoms with Gasteiger partial charge in [-0.3, -0.25) is 0 Å². The van der Waals surface area contributed by atoms with E-state index in [9.17, 15) is 4.79 Å². The third-order valence-corrected chi connectivity index (χ3v) is 3.94. The molecule has 1 aromatic heterocycles. The first-order valence-electron chi connectivity index (χ1n) is 6.47. The lowest BCUT2D eigenvalue weighted by Gasteiger charge is -2.32. The van der Waals surface area contributed by atoms with Crippen LogP contribution in [0, 0.1) is 0 Å². The van der Waals surface area contributed by atoms with Gasteiger partial charge in [-0.25, -0.2) is 9.78 Å². The van der Waals surface area contributed by atoms with Crippen LogP contribution in [0.1, 0.15) is 12.8 Å². The van der Waals surface area contributed by atoms with Gasteiger partial charge in [-0.2, -0.15) is 0 Å². The summed E-state index contributed by atoms with van der Waals surface area (Å²) in [6.45, 7) is 2.96. The molecule has 0 radical (unpaired) electrons. The number of hydrogen-bond acceptors (Lipinski definition) is 5. The van der Waals surface area contributed by atoms with Crippen molar-refractivity contribution in [1.29, 1.82) is 0 Å². The summed E-state index contributed by atoms with van der Waals surface area (Å²) >= 11 is 1.66. The summed E-state index contributed by atoms with van der Waals surface area (Å²) in [5.74, 6) is 0. The van der Waals surface area contributed by atoms with Crippen LogP contribution in [-0.4, -0.2) is 50.4 Å². The molecule has 2 heterocycles. The number of ether oxygens (including phenoxy) is 1. The molecule has 6 nitrogen and oxygen atoms in total. The van der Waals surface area contributed by atoms with Gasteiger partial charge >= 0.3 is 6.03 Å². The lowest BCUT2D eigenvalue weighted by molar-refractivity contribution is 0.194. The maximum atomic E-state index is 11.6. The number of hydrogen-bond donors (Lipinski definition) is 2. The first-order valence-corrected chi connectivity index (χ1v) is 7.35. The van der Waals surface area contributed by atoms with E-state index in [1.54, 1.807) is 18.4 Å². The highest BCUT2D eigenvalue weighted by molar-refractivity contribution is 7.13. The fourth-order valence-electron chi connectivity index (χ4n) is 2.09. The number of rotatable bonds is 5. The highest BCUT2D eigenvalue weighted by Crippen LogP contribution is 2.21. The van der Waals surface area contributed by atoms with E-state index in [4.69, 9.17) is 4.74 Å². The summed E-state index contributed by atoms with van der Waals surface area (Å²) in [5.41, 5.74) is 0. The van der Waals surface area contributed by atoms with Gasteiger partial charge in [-0.1, -0.05) is 0 Å². The van der Waals surface area contributed by atoms with Crippen LogP contribution in [0.5, 0.6) is 0 Å². The van der Waals surface area contributed by atoms with Crippen molar-refractivity contribution in [2.45, 2.75) is 18.9 Å². The lowest BCUT2D eigenvalue weighted by Crippen LogP contribution is -2.48. The molecule has 2 rings (SSSR count). The van der Waals surface area contributed by atoms with Crippen LogP contribution in [0.15, 0.2) is 11.6 Å². The molecule has 1 aliphatic rings. The monoisotopic (exact) mass is 284 g/mol. The van der Waals surface area contributed by atoms with Crippen molar-refractivity contribution in [1.82, 2.24) is 15.6 Å². The SMILES string of the molecule is COCCNC(=O)NC1CCN(c2nccs2)CC1. The number of thiazole rings is 1. The average molecular weight is 284 g/mol. The zero-order chi connectivity index (χ0) is 13.5. The van der Waals surface area contributed by atoms with Crippen molar-refractivity contribution < 1.29 is 9.53 Å². The molecule has 0 saturated carbocycles. The van der Waals surface area contributed by atoms with E-state index in [0.717, 1.165) is 31.1 Å². The van der Waals surface area contributed by atoms with E-state index in [0.29, 0.717) is 13.2 Å². The molecule has 0 spiro atoms. The molecular weight excluding hydrogens is 264 g/mol. The minimum atomic E-state index is -0.107. The van der Waals surface area contributed by atoms with E-state index in [2.05, 4.69) is 20.5 Å². The van der Waals surface area contributed by atoms with Crippen LogP contribution in [-0.2, 0) is 4.74 Å². The molecule has 1 aromatic rings. The van der Waals surface area contributed by atoms with E-state index in [1.165, 1.54) is 0 Å². The highest BCUT2D eigenvalue weighted by Gasteiger charge is 2.21. The van der Waals surface area contributed by atoms with Crippen molar-refractivity contribution in [2.75, 3.05) is 38.3 Å². The Kier molecular flexibility index (Phi) is 5.41. The largest absolute Gasteiger partial charge is 0.383 e. The topological polar surface area (TPSA) is 66.5 Å². The molecule has 1 saturated heterocycles. The predicted octanol–water partition coefficient (Wildman–Crippen LogP) is 1.06. The van der Waals surface area contributed by atoms with Gasteiger partial charge in [0.05, 0.1) is 6.61 Å². The highest BCUT2D eigenvalue weighted by atomic mass is 32.1. The van der Waals surface area contributed by atoms with Gasteiger partial charge in [0.1, 0.15) is 0 Å². The van der Waals surface area contributed by atoms with Crippen LogP contribution >= 0.6 is 11.3 Å². The van der Waals surface area contributed by atoms with E-state index in [-0.39, 0.29) is 12.1 Å². The van der Waals surface area contributed by atoms with Crippen molar-refractivity contribution in [3.05, 3.63) is 11.6 Å². The van der Waals surface area contributed by atoms with Crippen molar-refractivity contribution in [3.63, 3.8) is 0 Å². The minimum Gasteiger partial charge on any atom is -0.383 e. The Morgan fingerprint density at radius 1 is 1.58 bits per heavy atom. The smallest absolute Gasteiger partial charge is 0.315 e. The van der Waals surface area contributed by atoms with E-state index >= 15 is 0 Å². The Balaban J connectivity index is 1.67. The molecule has 0 bridgehead atoms. The molecule has 2 amide bonds. The number of methoxy groups -OCH3 is 1. The minimum absolute atomic E-state index is 0.107. The molecule has 2 N–H and O–H groups in total. The molecule has 0 aliphatic carbocycles. The van der Waals surface area contributed by atoms with Gasteiger partial charge in [0.2, 0.25) is 0 Å². The number of carbonyl (C=O) groups excluding carboxylic acids is 1. The first-order chi connectivity index (χ1) is 9.29. The zero-order valence-corrected chi connectivity index (χ0v) is 11.9. The van der Waals surface area contributed by atoms with Gasteiger partial charge in [-0.15, -0.1) is 11.3 Å². The number of carbonyl (C=O) groups is 1. The third-order valence-electron chi connectivity index (χ3n) is 3.11. The average Bonchev–Trinajstić information content (AvgIpc) is 2.94. The number of nitrogens with zero attached hydrogens (tertiary/aromatic N) is 2. The maximum Gasteiger partial charge on any atom is 0.315 e. The normalized spacial score (nSPS) is 16.4. The molecule has 0 aromatic carbocycles. The summed E-state index contributed by atoms with van der Waals surface area (Å²) in [6, 6.07) is 0.142. The molecule has 0 unspecified atom stereocenters. The Labute approximate surface area is 117 Å². The lowest BCUT2D eigenvalue weighted by atomic mass is 10.1. The number of aromatic nitrogens is 1. The van der Waals surface area contributed by atoms with Crippen LogP contribution < -0.4 is 15.5 Å². The number of piperidine rings is 1. The summed E-state index contributed by atoms with van der Waals surface area (Å²) in [6.07, 6.45) is 3.74. The quantitative estimate of drug-likeness (QED) is 0.793. The second-order valence-corrected chi connectivity index (χ2v) is 5.34. The van der Waals surface area contributed by atoms with Gasteiger partial charge in [-0.05, 0) is 12.8 Å². The Bertz CT molecular complexity index is 377. The Morgan fingerprint density at radius 2 is 2.37 bits per heavy atom. The number of nitrogens with one attached hydrogen (secondary N) is 2. The van der Waals surface area contributed by atoms with Gasteiger partial charge < -0.3 is 20.3 Å². The van der Waals surface area contributed by atoms with E-state index < -0.39 is 0 Å². The molecular formula is C12H20N4O2S. The van der Waals surface area contributed by atoms with Gasteiger partial charge in [0, 0.05) is 44.4 Å². The second kappa shape index (κ2) is 7.30. The predicted molar refractivity (Wildman–Crippen MR) is 75.8 cm³/mol. The molecule has 19 heavy (non-hydrogen) atoms. The number of anilines is 1. The Hall–Kier alpha value is -1.34. The van der Waals surface area contributed by atoms with Crippen molar-refractivity contribution in [3.8, 4) is 0 Å². The molecule has 1 aliphatic heterocycles. The zero-order valence-electron chi connectivity index (χ0n) is 11.1. The van der Waals surface area contributed by atoms with E-state index in [1.807, 2.05) is 11.6 Å². The second-order valence-electron chi connectivity index (χ2n) is 4.47. The van der Waals surface area contributed by atoms with Crippen LogP contribution in [0.2, 0.25) is 0 Å². The maximum absolute atomic E-state index is 11.6. The molecule has 0 atom stereocenters. The van der Waals surface area contributed by atoms with Crippen molar-refractivity contribution >= 4 is 22.5 Å². The Morgan fingerprint density at radius 3 is 3.00 bits per heavy atom. The fourth-order valence-corrected chi connectivity index (χ4v) is 2.79. The molecule has 106 valence electrons. The van der Waals surface area contributed by atoms with Gasteiger partial charge in [0.25, 0.3) is 0 Å². The summed E-state index contributed by atoms with van der Waals surface area (Å²) in [7, 11) is 1.62. The summed E-state index contributed by atoms with van der Waals surface area (Å²) in [4.78, 5) is 18.2. The number of urea groups is 1. The first kappa shape index (κ1) is 14.1. The summed E-state index contributed by atoms with van der Waals surface area (Å²) < 4.78 is 4.88. The molecule has 7 heteroatoms. The van der Waals surface area contributed by atoms with Crippen LogP contribution in [0.4, 0.5) is 9.93 Å². The number of amides is 2. The van der Waals surface area contributed by atoms with Crippen molar-refractivity contribution in [2.24, 2.45) is 0 Å². The van der Waals surface area contributed by atoms with Crippen LogP contribution in [0.3, 0.4) is 0 Å². The summed E-state index contributed by atoms with van der Waals surface area (Å²) in [5, 5.41) is 8.83. The van der Waals surface area contributed by atoms with Gasteiger partial charge in [0.15, 0.2) is 5.13 Å². The third kappa shape index (κ3) is 4.36. The fraction of sp³-hybridized carbons (Fsp3) is 0.667.